The van der Waals surface area contributed by atoms with Gasteiger partial charge in [0, 0.05) is 24.5 Å². The second-order valence-electron chi connectivity index (χ2n) is 5.49. The lowest BCUT2D eigenvalue weighted by atomic mass is 10.1. The van der Waals surface area contributed by atoms with Crippen molar-refractivity contribution in [3.8, 4) is 0 Å². The third-order valence-electron chi connectivity index (χ3n) is 3.75. The Morgan fingerprint density at radius 3 is 2.52 bits per heavy atom. The molecule has 0 amide bonds. The minimum absolute atomic E-state index is 0.656. The Kier molecular flexibility index (Phi) is 6.59. The average molecular weight is 395 g/mol. The summed E-state index contributed by atoms with van der Waals surface area (Å²) in [6, 6.07) is 8.34. The summed E-state index contributed by atoms with van der Waals surface area (Å²) in [6.45, 7) is 7.92. The molecule has 0 bridgehead atoms. The van der Waals surface area contributed by atoms with Crippen LogP contribution in [0.1, 0.15) is 30.3 Å². The third kappa shape index (κ3) is 5.04. The van der Waals surface area contributed by atoms with E-state index in [-0.39, 0.29) is 0 Å². The lowest BCUT2D eigenvalue weighted by Gasteiger charge is -2.11. The molecule has 2 aromatic rings. The second-order valence-corrected chi connectivity index (χ2v) is 6.69. The van der Waals surface area contributed by atoms with E-state index in [1.165, 1.54) is 11.3 Å². The number of thiocarbonyl (C=S) groups is 1. The summed E-state index contributed by atoms with van der Waals surface area (Å²) in [5.74, 6) is 0. The highest BCUT2D eigenvalue weighted by molar-refractivity contribution is 9.10. The number of anilines is 1. The minimum Gasteiger partial charge on any atom is -0.362 e. The molecule has 0 saturated heterocycles. The van der Waals surface area contributed by atoms with Gasteiger partial charge in [-0.3, -0.25) is 4.68 Å². The van der Waals surface area contributed by atoms with Crippen LogP contribution in [0.2, 0.25) is 0 Å². The molecule has 0 saturated carbocycles. The summed E-state index contributed by atoms with van der Waals surface area (Å²) in [5.41, 5.74) is 4.54. The topological polar surface area (TPSA) is 41.9 Å². The summed E-state index contributed by atoms with van der Waals surface area (Å²) < 4.78 is 3.12. The van der Waals surface area contributed by atoms with Gasteiger partial charge in [-0.25, -0.2) is 0 Å². The van der Waals surface area contributed by atoms with E-state index in [2.05, 4.69) is 69.8 Å². The van der Waals surface area contributed by atoms with Crippen LogP contribution >= 0.6 is 28.1 Å². The zero-order valence-corrected chi connectivity index (χ0v) is 16.2. The van der Waals surface area contributed by atoms with Crippen molar-refractivity contribution in [2.45, 2.75) is 40.2 Å². The molecular weight excluding hydrogens is 372 g/mol. The van der Waals surface area contributed by atoms with Crippen LogP contribution in [0.3, 0.4) is 0 Å². The van der Waals surface area contributed by atoms with Crippen LogP contribution in [0.25, 0.3) is 0 Å². The number of hydrogen-bond donors (Lipinski definition) is 2. The molecule has 0 spiro atoms. The number of benzene rings is 1. The zero-order valence-electron chi connectivity index (χ0n) is 13.8. The van der Waals surface area contributed by atoms with Crippen LogP contribution in [-0.4, -0.2) is 21.4 Å². The van der Waals surface area contributed by atoms with E-state index in [0.717, 1.165) is 41.8 Å². The molecule has 0 atom stereocenters. The van der Waals surface area contributed by atoms with Crippen molar-refractivity contribution in [1.29, 1.82) is 0 Å². The van der Waals surface area contributed by atoms with Gasteiger partial charge >= 0.3 is 0 Å². The van der Waals surface area contributed by atoms with Crippen LogP contribution in [-0.2, 0) is 13.0 Å². The molecule has 0 aliphatic heterocycles. The van der Waals surface area contributed by atoms with Gasteiger partial charge in [0.05, 0.1) is 10.2 Å². The first-order valence-corrected chi connectivity index (χ1v) is 9.04. The zero-order chi connectivity index (χ0) is 16.8. The van der Waals surface area contributed by atoms with E-state index in [4.69, 9.17) is 12.2 Å². The first-order valence-electron chi connectivity index (χ1n) is 7.84. The summed E-state index contributed by atoms with van der Waals surface area (Å²) >= 11 is 8.88. The van der Waals surface area contributed by atoms with Crippen molar-refractivity contribution in [2.75, 3.05) is 11.9 Å². The summed E-state index contributed by atoms with van der Waals surface area (Å²) in [7, 11) is 0. The number of aryl methyl sites for hydroxylation is 3. The molecular formula is C17H23BrN4S. The molecule has 4 nitrogen and oxygen atoms in total. The normalized spacial score (nSPS) is 10.6. The highest BCUT2D eigenvalue weighted by Gasteiger charge is 2.07. The van der Waals surface area contributed by atoms with Gasteiger partial charge in [0.2, 0.25) is 0 Å². The molecule has 0 aliphatic rings. The fraction of sp³-hybridized carbons (Fsp3) is 0.412. The SMILES string of the molecule is CCc1ccc(NC(=S)NCCCn2nc(C)c(Br)c2C)cc1. The number of nitrogens with one attached hydrogen (secondary N) is 2. The van der Waals surface area contributed by atoms with Gasteiger partial charge in [0.15, 0.2) is 5.11 Å². The molecule has 0 aliphatic carbocycles. The van der Waals surface area contributed by atoms with E-state index in [1.807, 2.05) is 11.6 Å². The number of rotatable bonds is 6. The van der Waals surface area contributed by atoms with Crippen molar-refractivity contribution in [3.05, 3.63) is 45.7 Å². The maximum absolute atomic E-state index is 5.33. The monoisotopic (exact) mass is 394 g/mol. The lowest BCUT2D eigenvalue weighted by molar-refractivity contribution is 0.558. The van der Waals surface area contributed by atoms with Crippen molar-refractivity contribution < 1.29 is 0 Å². The molecule has 0 radical (unpaired) electrons. The fourth-order valence-corrected chi connectivity index (χ4v) is 2.83. The second kappa shape index (κ2) is 8.45. The average Bonchev–Trinajstić information content (AvgIpc) is 2.79. The van der Waals surface area contributed by atoms with Crippen LogP contribution in [0, 0.1) is 13.8 Å². The van der Waals surface area contributed by atoms with E-state index in [1.54, 1.807) is 0 Å². The Bertz CT molecular complexity index is 664. The third-order valence-corrected chi connectivity index (χ3v) is 5.14. The molecule has 1 aromatic carbocycles. The minimum atomic E-state index is 0.656. The van der Waals surface area contributed by atoms with Gasteiger partial charge in [0.25, 0.3) is 0 Å². The Hall–Kier alpha value is -1.40. The standard InChI is InChI=1S/C17H23BrN4S/c1-4-14-6-8-15(9-7-14)20-17(23)19-10-5-11-22-13(3)16(18)12(2)21-22/h6-9H,4-5,10-11H2,1-3H3,(H2,19,20,23). The van der Waals surface area contributed by atoms with Gasteiger partial charge in [-0.1, -0.05) is 19.1 Å². The molecule has 0 fully saturated rings. The lowest BCUT2D eigenvalue weighted by Crippen LogP contribution is -2.29. The number of nitrogens with zero attached hydrogens (tertiary/aromatic N) is 2. The predicted molar refractivity (Wildman–Crippen MR) is 104 cm³/mol. The summed E-state index contributed by atoms with van der Waals surface area (Å²) in [6.07, 6.45) is 2.01. The first-order chi connectivity index (χ1) is 11.0. The highest BCUT2D eigenvalue weighted by Crippen LogP contribution is 2.19. The smallest absolute Gasteiger partial charge is 0.170 e. The summed E-state index contributed by atoms with van der Waals surface area (Å²) in [4.78, 5) is 0. The molecule has 124 valence electrons. The molecule has 23 heavy (non-hydrogen) atoms. The predicted octanol–water partition coefficient (Wildman–Crippen LogP) is 4.20. The highest BCUT2D eigenvalue weighted by atomic mass is 79.9. The van der Waals surface area contributed by atoms with Crippen molar-refractivity contribution >= 4 is 38.9 Å². The number of aromatic nitrogens is 2. The maximum Gasteiger partial charge on any atom is 0.170 e. The Morgan fingerprint density at radius 1 is 1.26 bits per heavy atom. The Morgan fingerprint density at radius 2 is 1.96 bits per heavy atom. The van der Waals surface area contributed by atoms with E-state index in [9.17, 15) is 0 Å². The molecule has 2 rings (SSSR count). The van der Waals surface area contributed by atoms with Crippen LogP contribution < -0.4 is 10.6 Å². The molecule has 0 unspecified atom stereocenters. The van der Waals surface area contributed by atoms with Crippen molar-refractivity contribution in [3.63, 3.8) is 0 Å². The molecule has 1 aromatic heterocycles. The Labute approximate surface area is 151 Å². The van der Waals surface area contributed by atoms with Gasteiger partial charge in [-0.15, -0.1) is 0 Å². The van der Waals surface area contributed by atoms with E-state index >= 15 is 0 Å². The molecule has 6 heteroatoms. The van der Waals surface area contributed by atoms with Crippen LogP contribution in [0.4, 0.5) is 5.69 Å². The largest absolute Gasteiger partial charge is 0.362 e. The molecule has 2 N–H and O–H groups in total. The summed E-state index contributed by atoms with van der Waals surface area (Å²) in [5, 5.41) is 11.6. The fourth-order valence-electron chi connectivity index (χ4n) is 2.32. The Balaban J connectivity index is 1.73. The van der Waals surface area contributed by atoms with Crippen LogP contribution in [0.5, 0.6) is 0 Å². The van der Waals surface area contributed by atoms with Gasteiger partial charge < -0.3 is 10.6 Å². The quantitative estimate of drug-likeness (QED) is 0.568. The number of hydrogen-bond acceptors (Lipinski definition) is 2. The van der Waals surface area contributed by atoms with E-state index in [0.29, 0.717) is 5.11 Å². The van der Waals surface area contributed by atoms with Crippen molar-refractivity contribution in [2.24, 2.45) is 0 Å². The number of halogens is 1. The van der Waals surface area contributed by atoms with Gasteiger partial charge in [-0.2, -0.15) is 5.10 Å². The van der Waals surface area contributed by atoms with Gasteiger partial charge in [-0.05, 0) is 72.5 Å². The van der Waals surface area contributed by atoms with Gasteiger partial charge in [0.1, 0.15) is 0 Å². The first kappa shape index (κ1) is 17.9. The van der Waals surface area contributed by atoms with Crippen LogP contribution in [0.15, 0.2) is 28.7 Å². The van der Waals surface area contributed by atoms with E-state index < -0.39 is 0 Å². The molecule has 1 heterocycles. The van der Waals surface area contributed by atoms with Crippen molar-refractivity contribution in [1.82, 2.24) is 15.1 Å². The maximum atomic E-state index is 5.33.